The van der Waals surface area contributed by atoms with Crippen LogP contribution in [0.1, 0.15) is 75.2 Å². The molecule has 0 unspecified atom stereocenters. The van der Waals surface area contributed by atoms with Gasteiger partial charge in [0.05, 0.1) is 23.6 Å². The van der Waals surface area contributed by atoms with Gasteiger partial charge in [-0.25, -0.2) is 4.79 Å². The maximum Gasteiger partial charge on any atom is 0.434 e. The zero-order valence-corrected chi connectivity index (χ0v) is 22.7. The number of benzene rings is 2. The summed E-state index contributed by atoms with van der Waals surface area (Å²) in [5.74, 6) is 0.227. The fraction of sp³-hybridized carbons (Fsp3) is 0.552. The van der Waals surface area contributed by atoms with Gasteiger partial charge < -0.3 is 9.84 Å². The van der Waals surface area contributed by atoms with E-state index in [0.29, 0.717) is 6.61 Å². The van der Waals surface area contributed by atoms with Gasteiger partial charge in [0, 0.05) is 0 Å². The molecule has 1 N–H and O–H groups in total. The second-order valence-corrected chi connectivity index (χ2v) is 11.0. The molecule has 2 aromatic rings. The predicted octanol–water partition coefficient (Wildman–Crippen LogP) is 7.02. The first-order valence-electron chi connectivity index (χ1n) is 13.0. The average Bonchev–Trinajstić information content (AvgIpc) is 3.25. The van der Waals surface area contributed by atoms with Crippen LogP contribution in [0, 0.1) is 5.92 Å². The van der Waals surface area contributed by atoms with Crippen LogP contribution in [0.4, 0.5) is 4.79 Å². The molecule has 1 heterocycles. The van der Waals surface area contributed by atoms with Crippen molar-refractivity contribution in [2.24, 2.45) is 5.92 Å². The minimum Gasteiger partial charge on any atom is -0.446 e. The smallest absolute Gasteiger partial charge is 0.434 e. The summed E-state index contributed by atoms with van der Waals surface area (Å²) < 4.78 is 5.13. The number of nitrogens with zero attached hydrogens (tertiary/aromatic N) is 1. The third-order valence-corrected chi connectivity index (χ3v) is 7.49. The fourth-order valence-corrected chi connectivity index (χ4v) is 4.92. The van der Waals surface area contributed by atoms with Crippen molar-refractivity contribution in [3.8, 4) is 0 Å². The minimum atomic E-state index is -0.722. The zero-order valence-electron chi connectivity index (χ0n) is 21.1. The van der Waals surface area contributed by atoms with E-state index in [9.17, 15) is 9.90 Å². The lowest BCUT2D eigenvalue weighted by Crippen LogP contribution is -2.39. The van der Waals surface area contributed by atoms with Crippen molar-refractivity contribution in [1.82, 2.24) is 5.06 Å². The number of aryl methyl sites for hydroxylation is 2. The average molecular weight is 547 g/mol. The number of aliphatic hydroxyl groups excluding tert-OH is 1. The maximum atomic E-state index is 12.0. The van der Waals surface area contributed by atoms with Crippen LogP contribution in [0.15, 0.2) is 54.6 Å². The van der Waals surface area contributed by atoms with Gasteiger partial charge in [-0.2, -0.15) is 5.06 Å². The lowest BCUT2D eigenvalue weighted by Gasteiger charge is -2.26. The number of rotatable bonds is 15. The monoisotopic (exact) mass is 545 g/mol. The Balaban J connectivity index is 1.38. The molecule has 0 spiro atoms. The zero-order chi connectivity index (χ0) is 25.0. The van der Waals surface area contributed by atoms with Crippen molar-refractivity contribution in [1.29, 1.82) is 0 Å². The van der Waals surface area contributed by atoms with Crippen LogP contribution in [0.2, 0.25) is 0 Å². The molecule has 1 fully saturated rings. The second kappa shape index (κ2) is 14.6. The van der Waals surface area contributed by atoms with Crippen LogP contribution < -0.4 is 0 Å². The molecule has 6 heteroatoms. The number of hydrogen-bond donors (Lipinski definition) is 1. The van der Waals surface area contributed by atoms with Crippen LogP contribution in [0.25, 0.3) is 0 Å². The van der Waals surface area contributed by atoms with Gasteiger partial charge in [-0.3, -0.25) is 4.84 Å². The Labute approximate surface area is 218 Å². The molecule has 0 saturated carbocycles. The van der Waals surface area contributed by atoms with Gasteiger partial charge in [0.25, 0.3) is 0 Å². The Morgan fingerprint density at radius 2 is 1.60 bits per heavy atom. The normalized spacial score (nSPS) is 17.6. The molecule has 1 aliphatic heterocycles. The highest BCUT2D eigenvalue weighted by molar-refractivity contribution is 9.09. The summed E-state index contributed by atoms with van der Waals surface area (Å²) in [4.78, 5) is 17.4. The Bertz CT molecular complexity index is 891. The summed E-state index contributed by atoms with van der Waals surface area (Å²) in [7, 11) is 0. The molecular formula is C29H40BrNO4. The number of alkyl halides is 1. The molecule has 3 atom stereocenters. The number of cyclic esters (lactones) is 1. The quantitative estimate of drug-likeness (QED) is 0.193. The van der Waals surface area contributed by atoms with E-state index in [-0.39, 0.29) is 23.4 Å². The third kappa shape index (κ3) is 8.62. The summed E-state index contributed by atoms with van der Waals surface area (Å²) in [5, 5.41) is 12.3. The number of aliphatic hydroxyl groups is 1. The van der Waals surface area contributed by atoms with Crippen molar-refractivity contribution < 1.29 is 19.5 Å². The van der Waals surface area contributed by atoms with Crippen molar-refractivity contribution in [2.75, 3.05) is 13.2 Å². The minimum absolute atomic E-state index is 0.107. The largest absolute Gasteiger partial charge is 0.446 e. The molecule has 0 radical (unpaired) electrons. The van der Waals surface area contributed by atoms with Gasteiger partial charge >= 0.3 is 6.09 Å². The molecule has 0 aliphatic carbocycles. The number of amides is 1. The standard InChI is InChI=1S/C29H40BrNO4/c1-22(2)27-21-34-29(33)31(27)35-20-26(30)28(32)25-19-13-12-18-24(25)17-11-6-4-3-5-8-14-23-15-9-7-10-16-23/h7,9-10,12-13,15-16,18-19,22,26-28,32H,3-6,8,11,14,17,20-21H2,1-2H3/t26-,27-,28+/m1/s1. The van der Waals surface area contributed by atoms with Crippen molar-refractivity contribution in [3.05, 3.63) is 71.3 Å². The number of ether oxygens (including phenoxy) is 1. The Hall–Kier alpha value is -1.89. The number of hydrogen-bond acceptors (Lipinski definition) is 4. The van der Waals surface area contributed by atoms with Gasteiger partial charge in [-0.15, -0.1) is 0 Å². The fourth-order valence-electron chi connectivity index (χ4n) is 4.52. The second-order valence-electron chi connectivity index (χ2n) is 9.78. The molecule has 1 amide bonds. The third-order valence-electron chi connectivity index (χ3n) is 6.72. The molecule has 3 rings (SSSR count). The first-order valence-corrected chi connectivity index (χ1v) is 13.9. The SMILES string of the molecule is CC(C)[C@H]1COC(=O)N1OC[C@@H](Br)[C@@H](O)c1ccccc1CCCCCCCCc1ccccc1. The maximum absolute atomic E-state index is 12.0. The van der Waals surface area contributed by atoms with E-state index in [4.69, 9.17) is 9.57 Å². The Morgan fingerprint density at radius 3 is 2.31 bits per heavy atom. The molecular weight excluding hydrogens is 506 g/mol. The van der Waals surface area contributed by atoms with E-state index in [1.807, 2.05) is 32.0 Å². The number of hydroxylamine groups is 2. The van der Waals surface area contributed by atoms with Gasteiger partial charge in [0.2, 0.25) is 0 Å². The number of carbonyl (C=O) groups is 1. The molecule has 5 nitrogen and oxygen atoms in total. The van der Waals surface area contributed by atoms with Gasteiger partial charge in [0.1, 0.15) is 6.61 Å². The molecule has 192 valence electrons. The topological polar surface area (TPSA) is 59.0 Å². The summed E-state index contributed by atoms with van der Waals surface area (Å²) in [6, 6.07) is 18.7. The lowest BCUT2D eigenvalue weighted by molar-refractivity contribution is -0.142. The van der Waals surface area contributed by atoms with E-state index in [2.05, 4.69) is 52.3 Å². The first kappa shape index (κ1) is 27.7. The number of halogens is 1. The van der Waals surface area contributed by atoms with Crippen LogP contribution in [0.3, 0.4) is 0 Å². The lowest BCUT2D eigenvalue weighted by atomic mass is 9.96. The van der Waals surface area contributed by atoms with Gasteiger partial charge in [-0.1, -0.05) is 110 Å². The molecule has 35 heavy (non-hydrogen) atoms. The van der Waals surface area contributed by atoms with Crippen molar-refractivity contribution in [2.45, 2.75) is 82.2 Å². The van der Waals surface area contributed by atoms with Crippen LogP contribution in [-0.2, 0) is 22.4 Å². The van der Waals surface area contributed by atoms with E-state index in [1.54, 1.807) is 0 Å². The van der Waals surface area contributed by atoms with Gasteiger partial charge in [0.15, 0.2) is 0 Å². The predicted molar refractivity (Wildman–Crippen MR) is 143 cm³/mol. The molecule has 0 bridgehead atoms. The molecule has 1 aliphatic rings. The van der Waals surface area contributed by atoms with E-state index >= 15 is 0 Å². The van der Waals surface area contributed by atoms with E-state index in [1.165, 1.54) is 54.7 Å². The number of carbonyl (C=O) groups excluding carboxylic acids is 1. The van der Waals surface area contributed by atoms with E-state index in [0.717, 1.165) is 18.4 Å². The molecule has 0 aromatic heterocycles. The summed E-state index contributed by atoms with van der Waals surface area (Å²) in [6.07, 6.45) is 8.29. The summed E-state index contributed by atoms with van der Waals surface area (Å²) >= 11 is 3.58. The summed E-state index contributed by atoms with van der Waals surface area (Å²) in [6.45, 7) is 4.58. The first-order chi connectivity index (χ1) is 17.0. The number of unbranched alkanes of at least 4 members (excludes halogenated alkanes) is 5. The van der Waals surface area contributed by atoms with Crippen molar-refractivity contribution >= 4 is 22.0 Å². The van der Waals surface area contributed by atoms with E-state index < -0.39 is 12.2 Å². The highest BCUT2D eigenvalue weighted by Crippen LogP contribution is 2.28. The Kier molecular flexibility index (Phi) is 11.6. The van der Waals surface area contributed by atoms with Crippen LogP contribution in [-0.4, -0.2) is 40.3 Å². The molecule has 1 saturated heterocycles. The highest BCUT2D eigenvalue weighted by atomic mass is 79.9. The Morgan fingerprint density at radius 1 is 0.971 bits per heavy atom. The van der Waals surface area contributed by atoms with Crippen LogP contribution in [0.5, 0.6) is 0 Å². The molecule has 2 aromatic carbocycles. The van der Waals surface area contributed by atoms with Crippen LogP contribution >= 0.6 is 15.9 Å². The van der Waals surface area contributed by atoms with Crippen molar-refractivity contribution in [3.63, 3.8) is 0 Å². The van der Waals surface area contributed by atoms with Gasteiger partial charge in [-0.05, 0) is 48.3 Å². The highest BCUT2D eigenvalue weighted by Gasteiger charge is 2.37. The summed E-state index contributed by atoms with van der Waals surface area (Å²) in [5.41, 5.74) is 3.53.